The molecule has 3 amide bonds. The van der Waals surface area contributed by atoms with Crippen LogP contribution in [0.25, 0.3) is 0 Å². The third-order valence-electron chi connectivity index (χ3n) is 3.12. The minimum atomic E-state index is -4.66. The van der Waals surface area contributed by atoms with E-state index < -0.39 is 53.3 Å². The van der Waals surface area contributed by atoms with Crippen molar-refractivity contribution in [2.45, 2.75) is 31.0 Å². The predicted octanol–water partition coefficient (Wildman–Crippen LogP) is 0.927. The number of halogens is 3. The highest BCUT2D eigenvalue weighted by atomic mass is 32.2. The predicted molar refractivity (Wildman–Crippen MR) is 96.3 cm³/mol. The summed E-state index contributed by atoms with van der Waals surface area (Å²) >= 11 is 0. The van der Waals surface area contributed by atoms with Crippen LogP contribution in [0.3, 0.4) is 0 Å². The zero-order valence-electron chi connectivity index (χ0n) is 16.1. The monoisotopic (exact) mass is 455 g/mol. The van der Waals surface area contributed by atoms with Crippen molar-refractivity contribution in [2.75, 3.05) is 20.3 Å². The molecule has 3 N–H and O–H groups in total. The van der Waals surface area contributed by atoms with Crippen LogP contribution >= 0.6 is 0 Å². The average Bonchev–Trinajstić information content (AvgIpc) is 2.62. The molecule has 1 aromatic carbocycles. The number of hydrogen-bond donors (Lipinski definition) is 3. The van der Waals surface area contributed by atoms with Gasteiger partial charge in [0.05, 0.1) is 12.7 Å². The van der Waals surface area contributed by atoms with Crippen molar-refractivity contribution in [3.8, 4) is 5.75 Å². The molecule has 0 unspecified atom stereocenters. The molecule has 0 heterocycles. The quantitative estimate of drug-likeness (QED) is 0.496. The van der Waals surface area contributed by atoms with Crippen LogP contribution in [0.4, 0.5) is 18.0 Å². The van der Waals surface area contributed by atoms with Crippen molar-refractivity contribution in [1.29, 1.82) is 0 Å². The number of hydrogen-bond acceptors (Lipinski definition) is 7. The van der Waals surface area contributed by atoms with E-state index in [-0.39, 0.29) is 16.2 Å². The molecule has 1 aromatic rings. The molecule has 0 aliphatic heterocycles. The lowest BCUT2D eigenvalue weighted by atomic mass is 10.2. The van der Waals surface area contributed by atoms with Crippen LogP contribution in [-0.2, 0) is 19.6 Å². The molecule has 0 saturated heterocycles. The summed E-state index contributed by atoms with van der Waals surface area (Å²) < 4.78 is 72.7. The molecule has 0 bridgehead atoms. The van der Waals surface area contributed by atoms with Gasteiger partial charge < -0.3 is 14.8 Å². The normalized spacial score (nSPS) is 11.7. The number of ether oxygens (including phenoxy) is 2. The van der Waals surface area contributed by atoms with Crippen molar-refractivity contribution in [1.82, 2.24) is 15.4 Å². The van der Waals surface area contributed by atoms with Gasteiger partial charge in [0.25, 0.3) is 5.91 Å². The molecule has 0 atom stereocenters. The third-order valence-corrected chi connectivity index (χ3v) is 4.80. The fourth-order valence-corrected chi connectivity index (χ4v) is 3.44. The molecular formula is C16H20F3N3O7S. The number of esters is 1. The molecule has 0 radical (unpaired) electrons. The smallest absolute Gasteiger partial charge is 0.405 e. The Kier molecular flexibility index (Phi) is 8.60. The number of benzene rings is 1. The number of sulfonamides is 1. The van der Waals surface area contributed by atoms with Crippen LogP contribution in [0, 0.1) is 0 Å². The summed E-state index contributed by atoms with van der Waals surface area (Å²) in [7, 11) is -2.80. The van der Waals surface area contributed by atoms with E-state index in [4.69, 9.17) is 4.74 Å². The second kappa shape index (κ2) is 10.2. The Hall–Kier alpha value is -2.87. The van der Waals surface area contributed by atoms with Gasteiger partial charge in [-0.25, -0.2) is 22.7 Å². The molecule has 0 spiro atoms. The van der Waals surface area contributed by atoms with E-state index in [1.807, 2.05) is 0 Å². The van der Waals surface area contributed by atoms with Gasteiger partial charge in [-0.05, 0) is 32.0 Å². The summed E-state index contributed by atoms with van der Waals surface area (Å²) in [5.74, 6) is -2.34. The lowest BCUT2D eigenvalue weighted by Crippen LogP contribution is -2.44. The van der Waals surface area contributed by atoms with Crippen molar-refractivity contribution in [3.05, 3.63) is 23.8 Å². The number of urea groups is 1. The summed E-state index contributed by atoms with van der Waals surface area (Å²) in [5, 5.41) is 2.94. The standard InChI is InChI=1S/C16H20F3N3O7S/c1-9(2)22-30(26,27)12-6-10(4-5-11(12)28-3)14(24)29-7-13(23)21-15(25)20-8-16(17,18)19/h4-6,9,22H,7-8H2,1-3H3,(H2,20,21,23,25). The van der Waals surface area contributed by atoms with Crippen molar-refractivity contribution < 1.29 is 45.4 Å². The molecule has 0 aliphatic carbocycles. The van der Waals surface area contributed by atoms with Crippen LogP contribution in [0.1, 0.15) is 24.2 Å². The van der Waals surface area contributed by atoms with E-state index in [0.717, 1.165) is 6.07 Å². The van der Waals surface area contributed by atoms with Crippen LogP contribution < -0.4 is 20.1 Å². The summed E-state index contributed by atoms with van der Waals surface area (Å²) in [6.45, 7) is 0.535. The minimum absolute atomic E-state index is 0.0428. The van der Waals surface area contributed by atoms with Crippen LogP contribution in [0.2, 0.25) is 0 Å². The summed E-state index contributed by atoms with van der Waals surface area (Å²) in [6.07, 6.45) is -4.66. The Morgan fingerprint density at radius 2 is 1.80 bits per heavy atom. The van der Waals surface area contributed by atoms with E-state index >= 15 is 0 Å². The first-order valence-corrected chi connectivity index (χ1v) is 9.75. The summed E-state index contributed by atoms with van der Waals surface area (Å²) in [4.78, 5) is 34.4. The van der Waals surface area contributed by atoms with Crippen LogP contribution in [0.5, 0.6) is 5.75 Å². The maximum atomic E-state index is 12.4. The second-order valence-electron chi connectivity index (χ2n) is 6.06. The van der Waals surface area contributed by atoms with Gasteiger partial charge >= 0.3 is 18.2 Å². The molecule has 0 fully saturated rings. The molecule has 30 heavy (non-hydrogen) atoms. The fraction of sp³-hybridized carbons (Fsp3) is 0.438. The van der Waals surface area contributed by atoms with Gasteiger partial charge in [-0.15, -0.1) is 0 Å². The lowest BCUT2D eigenvalue weighted by Gasteiger charge is -2.14. The number of nitrogens with one attached hydrogen (secondary N) is 3. The number of carbonyl (C=O) groups is 3. The topological polar surface area (TPSA) is 140 Å². The Morgan fingerprint density at radius 1 is 1.17 bits per heavy atom. The highest BCUT2D eigenvalue weighted by Crippen LogP contribution is 2.25. The molecule has 14 heteroatoms. The minimum Gasteiger partial charge on any atom is -0.495 e. The number of alkyl halides is 3. The first-order chi connectivity index (χ1) is 13.7. The van der Waals surface area contributed by atoms with Crippen molar-refractivity contribution >= 4 is 27.9 Å². The molecule has 1 rings (SSSR count). The maximum absolute atomic E-state index is 12.4. The van der Waals surface area contributed by atoms with Gasteiger partial charge in [-0.1, -0.05) is 0 Å². The molecular weight excluding hydrogens is 435 g/mol. The molecule has 0 saturated carbocycles. The van der Waals surface area contributed by atoms with Crippen molar-refractivity contribution in [3.63, 3.8) is 0 Å². The second-order valence-corrected chi connectivity index (χ2v) is 7.75. The zero-order chi connectivity index (χ0) is 23.1. The molecule has 0 aliphatic rings. The number of amides is 3. The van der Waals surface area contributed by atoms with E-state index in [9.17, 15) is 36.0 Å². The molecule has 168 valence electrons. The average molecular weight is 455 g/mol. The number of rotatable bonds is 8. The Morgan fingerprint density at radius 3 is 2.33 bits per heavy atom. The van der Waals surface area contributed by atoms with Gasteiger partial charge in [0.15, 0.2) is 6.61 Å². The number of imide groups is 1. The Labute approximate surface area is 170 Å². The fourth-order valence-electron chi connectivity index (χ4n) is 1.99. The molecule has 0 aromatic heterocycles. The van der Waals surface area contributed by atoms with Gasteiger partial charge in [0, 0.05) is 6.04 Å². The van der Waals surface area contributed by atoms with Crippen LogP contribution in [0.15, 0.2) is 23.1 Å². The van der Waals surface area contributed by atoms with Gasteiger partial charge in [-0.3, -0.25) is 10.1 Å². The van der Waals surface area contributed by atoms with E-state index in [2.05, 4.69) is 9.46 Å². The first-order valence-electron chi connectivity index (χ1n) is 8.27. The Balaban J connectivity index is 2.79. The first kappa shape index (κ1) is 25.2. The van der Waals surface area contributed by atoms with Gasteiger partial charge in [0.2, 0.25) is 10.0 Å². The van der Waals surface area contributed by atoms with E-state index in [0.29, 0.717) is 0 Å². The zero-order valence-corrected chi connectivity index (χ0v) is 16.9. The van der Waals surface area contributed by atoms with E-state index in [1.54, 1.807) is 19.2 Å². The lowest BCUT2D eigenvalue weighted by molar-refractivity contribution is -0.125. The highest BCUT2D eigenvalue weighted by Gasteiger charge is 2.28. The van der Waals surface area contributed by atoms with Gasteiger partial charge in [0.1, 0.15) is 17.2 Å². The maximum Gasteiger partial charge on any atom is 0.405 e. The Bertz CT molecular complexity index is 902. The van der Waals surface area contributed by atoms with Gasteiger partial charge in [-0.2, -0.15) is 13.2 Å². The number of methoxy groups -OCH3 is 1. The summed E-state index contributed by atoms with van der Waals surface area (Å²) in [6, 6.07) is 1.49. The summed E-state index contributed by atoms with van der Waals surface area (Å²) in [5.41, 5.74) is -0.241. The van der Waals surface area contributed by atoms with Crippen LogP contribution in [-0.4, -0.2) is 58.8 Å². The highest BCUT2D eigenvalue weighted by molar-refractivity contribution is 7.89. The number of carbonyl (C=O) groups excluding carboxylic acids is 3. The third kappa shape index (κ3) is 8.24. The molecule has 10 nitrogen and oxygen atoms in total. The van der Waals surface area contributed by atoms with Crippen molar-refractivity contribution in [2.24, 2.45) is 0 Å². The van der Waals surface area contributed by atoms with E-state index in [1.165, 1.54) is 24.6 Å². The largest absolute Gasteiger partial charge is 0.495 e. The SMILES string of the molecule is COc1ccc(C(=O)OCC(=O)NC(=O)NCC(F)(F)F)cc1S(=O)(=O)NC(C)C.